The van der Waals surface area contributed by atoms with E-state index in [1.54, 1.807) is 53.4 Å². The van der Waals surface area contributed by atoms with E-state index in [0.717, 1.165) is 5.56 Å². The maximum atomic E-state index is 12.2. The number of amides is 1. The lowest BCUT2D eigenvalue weighted by Crippen LogP contribution is -3.00. The van der Waals surface area contributed by atoms with Crippen LogP contribution in [0.4, 0.5) is 0 Å². The monoisotopic (exact) mass is 467 g/mol. The number of benzene rings is 2. The number of nitrogens with zero attached hydrogens (tertiary/aromatic N) is 2. The molecule has 1 aliphatic heterocycles. The first kappa shape index (κ1) is 21.2. The molecule has 0 atom stereocenters. The molecular weight excluding hydrogens is 450 g/mol. The van der Waals surface area contributed by atoms with Crippen LogP contribution in [0, 0.1) is 0 Å². The molecule has 2 heterocycles. The third-order valence-electron chi connectivity index (χ3n) is 4.35. The summed E-state index contributed by atoms with van der Waals surface area (Å²) in [7, 11) is 0. The standard InChI is InChI=1S/C22H17N3O4.BrH/c26-19(17-4-2-1-3-5-17)14-25-10-8-18(9-11-25)22(27)24-23-13-16-6-7-20-21(12-16)29-15-28-20;/h1-13H,14-15H2;1H. The van der Waals surface area contributed by atoms with E-state index in [1.165, 1.54) is 6.21 Å². The molecule has 0 saturated carbocycles. The molecule has 0 fully saturated rings. The Morgan fingerprint density at radius 1 is 0.967 bits per heavy atom. The van der Waals surface area contributed by atoms with Crippen LogP contribution in [0.1, 0.15) is 26.3 Å². The van der Waals surface area contributed by atoms with Crippen molar-refractivity contribution in [2.75, 3.05) is 6.79 Å². The number of aromatic nitrogens is 1. The summed E-state index contributed by atoms with van der Waals surface area (Å²) < 4.78 is 12.3. The van der Waals surface area contributed by atoms with E-state index in [9.17, 15) is 9.59 Å². The van der Waals surface area contributed by atoms with Gasteiger partial charge in [0.1, 0.15) is 0 Å². The number of hydrazone groups is 1. The fraction of sp³-hybridized carbons (Fsp3) is 0.0909. The molecule has 7 nitrogen and oxygen atoms in total. The van der Waals surface area contributed by atoms with Crippen LogP contribution in [0.5, 0.6) is 11.5 Å². The van der Waals surface area contributed by atoms with E-state index in [0.29, 0.717) is 22.6 Å². The van der Waals surface area contributed by atoms with Crippen molar-refractivity contribution < 1.29 is 40.6 Å². The number of ether oxygens (including phenoxy) is 2. The lowest BCUT2D eigenvalue weighted by atomic mass is 10.1. The lowest BCUT2D eigenvalue weighted by Gasteiger charge is -2.01. The summed E-state index contributed by atoms with van der Waals surface area (Å²) in [5.74, 6) is 0.997. The number of fused-ring (bicyclic) bond motifs is 1. The highest BCUT2D eigenvalue weighted by Gasteiger charge is 2.14. The number of carbonyl (C=O) groups is 2. The molecule has 152 valence electrons. The second-order valence-electron chi connectivity index (χ2n) is 6.36. The van der Waals surface area contributed by atoms with Gasteiger partial charge in [-0.15, -0.1) is 0 Å². The normalized spacial score (nSPS) is 11.7. The Morgan fingerprint density at radius 3 is 2.47 bits per heavy atom. The number of nitrogens with one attached hydrogen (secondary N) is 1. The van der Waals surface area contributed by atoms with Crippen LogP contribution in [0.15, 0.2) is 78.2 Å². The second kappa shape index (κ2) is 9.80. The van der Waals surface area contributed by atoms with Gasteiger partial charge in [0.2, 0.25) is 19.1 Å². The summed E-state index contributed by atoms with van der Waals surface area (Å²) in [5, 5.41) is 3.97. The largest absolute Gasteiger partial charge is 1.00 e. The van der Waals surface area contributed by atoms with E-state index in [2.05, 4.69) is 10.5 Å². The lowest BCUT2D eigenvalue weighted by molar-refractivity contribution is -0.683. The Kier molecular flexibility index (Phi) is 6.92. The predicted molar refractivity (Wildman–Crippen MR) is 105 cm³/mol. The molecule has 0 saturated heterocycles. The van der Waals surface area contributed by atoms with E-state index in [4.69, 9.17) is 9.47 Å². The van der Waals surface area contributed by atoms with Gasteiger partial charge in [-0.1, -0.05) is 30.3 Å². The molecule has 1 N–H and O–H groups in total. The number of carbonyl (C=O) groups excluding carboxylic acids is 2. The summed E-state index contributed by atoms with van der Waals surface area (Å²) in [5.41, 5.74) is 4.35. The first-order chi connectivity index (χ1) is 14.2. The number of ketones is 1. The van der Waals surface area contributed by atoms with E-state index in [-0.39, 0.29) is 42.0 Å². The minimum atomic E-state index is -0.344. The Labute approximate surface area is 183 Å². The molecule has 0 aliphatic carbocycles. The predicted octanol–water partition coefficient (Wildman–Crippen LogP) is -0.646. The van der Waals surface area contributed by atoms with Crippen molar-refractivity contribution in [1.82, 2.24) is 5.43 Å². The number of hydrogen-bond donors (Lipinski definition) is 1. The molecular formula is C22H18BrN3O4. The van der Waals surface area contributed by atoms with Gasteiger partial charge in [0.05, 0.1) is 11.8 Å². The van der Waals surface area contributed by atoms with Crippen molar-refractivity contribution in [1.29, 1.82) is 0 Å². The van der Waals surface area contributed by atoms with Crippen LogP contribution in [-0.4, -0.2) is 24.7 Å². The van der Waals surface area contributed by atoms with Crippen LogP contribution in [0.3, 0.4) is 0 Å². The molecule has 3 aromatic rings. The van der Waals surface area contributed by atoms with Crippen molar-refractivity contribution in [2.45, 2.75) is 6.54 Å². The summed E-state index contributed by atoms with van der Waals surface area (Å²) in [6.07, 6.45) is 4.91. The van der Waals surface area contributed by atoms with Crippen molar-refractivity contribution in [3.63, 3.8) is 0 Å². The zero-order valence-corrected chi connectivity index (χ0v) is 17.4. The first-order valence-electron chi connectivity index (χ1n) is 8.99. The van der Waals surface area contributed by atoms with Crippen LogP contribution >= 0.6 is 0 Å². The maximum absolute atomic E-state index is 12.2. The highest BCUT2D eigenvalue weighted by molar-refractivity contribution is 5.95. The van der Waals surface area contributed by atoms with Crippen LogP contribution in [0.2, 0.25) is 0 Å². The third-order valence-corrected chi connectivity index (χ3v) is 4.35. The zero-order valence-electron chi connectivity index (χ0n) is 15.8. The first-order valence-corrected chi connectivity index (χ1v) is 8.99. The average Bonchev–Trinajstić information content (AvgIpc) is 3.23. The molecule has 1 aliphatic rings. The van der Waals surface area contributed by atoms with Gasteiger partial charge in [-0.3, -0.25) is 9.59 Å². The minimum Gasteiger partial charge on any atom is -1.00 e. The highest BCUT2D eigenvalue weighted by atomic mass is 79.9. The van der Waals surface area contributed by atoms with Gasteiger partial charge in [0, 0.05) is 17.7 Å². The number of halogens is 1. The number of hydrogen-bond acceptors (Lipinski definition) is 5. The molecule has 1 aromatic heterocycles. The Hall–Kier alpha value is -3.52. The fourth-order valence-corrected chi connectivity index (χ4v) is 2.82. The maximum Gasteiger partial charge on any atom is 0.271 e. The zero-order chi connectivity index (χ0) is 20.1. The van der Waals surface area contributed by atoms with Crippen molar-refractivity contribution >= 4 is 17.9 Å². The Bertz CT molecular complexity index is 1070. The smallest absolute Gasteiger partial charge is 0.271 e. The van der Waals surface area contributed by atoms with Gasteiger partial charge in [0.25, 0.3) is 5.91 Å². The van der Waals surface area contributed by atoms with Gasteiger partial charge in [0.15, 0.2) is 23.9 Å². The number of pyridine rings is 1. The quantitative estimate of drug-likeness (QED) is 0.226. The molecule has 1 amide bonds. The summed E-state index contributed by atoms with van der Waals surface area (Å²) in [4.78, 5) is 24.5. The highest BCUT2D eigenvalue weighted by Crippen LogP contribution is 2.31. The van der Waals surface area contributed by atoms with Gasteiger partial charge < -0.3 is 26.5 Å². The molecule has 8 heteroatoms. The third kappa shape index (κ3) is 5.09. The van der Waals surface area contributed by atoms with Crippen molar-refractivity contribution in [3.8, 4) is 11.5 Å². The van der Waals surface area contributed by atoms with E-state index < -0.39 is 0 Å². The van der Waals surface area contributed by atoms with E-state index in [1.807, 2.05) is 24.3 Å². The number of rotatable bonds is 6. The molecule has 0 unspecified atom stereocenters. The molecule has 4 rings (SSSR count). The van der Waals surface area contributed by atoms with Gasteiger partial charge >= 0.3 is 0 Å². The molecule has 2 aromatic carbocycles. The van der Waals surface area contributed by atoms with Crippen LogP contribution < -0.4 is 36.4 Å². The molecule has 0 radical (unpaired) electrons. The van der Waals surface area contributed by atoms with Crippen LogP contribution in [0.25, 0.3) is 0 Å². The fourth-order valence-electron chi connectivity index (χ4n) is 2.82. The average molecular weight is 468 g/mol. The van der Waals surface area contributed by atoms with Gasteiger partial charge in [-0.25, -0.2) is 5.43 Å². The molecule has 0 spiro atoms. The van der Waals surface area contributed by atoms with Crippen molar-refractivity contribution in [3.05, 3.63) is 89.7 Å². The van der Waals surface area contributed by atoms with Crippen LogP contribution in [-0.2, 0) is 6.54 Å². The SMILES string of the molecule is O=C(C[n+]1ccc(C(=O)N/N=C/c2ccc3c(c2)OCO3)cc1)c1ccccc1.[Br-]. The van der Waals surface area contributed by atoms with Gasteiger partial charge in [-0.2, -0.15) is 9.67 Å². The Balaban J connectivity index is 0.00000256. The Morgan fingerprint density at radius 2 is 1.70 bits per heavy atom. The minimum absolute atomic E-state index is 0. The molecule has 0 bridgehead atoms. The summed E-state index contributed by atoms with van der Waals surface area (Å²) in [6.45, 7) is 0.409. The molecule has 30 heavy (non-hydrogen) atoms. The topological polar surface area (TPSA) is 80.9 Å². The summed E-state index contributed by atoms with van der Waals surface area (Å²) >= 11 is 0. The van der Waals surface area contributed by atoms with Crippen molar-refractivity contribution in [2.24, 2.45) is 5.10 Å². The second-order valence-corrected chi connectivity index (χ2v) is 6.36. The van der Waals surface area contributed by atoms with E-state index >= 15 is 0 Å². The van der Waals surface area contributed by atoms with Gasteiger partial charge in [-0.05, 0) is 23.8 Å². The summed E-state index contributed by atoms with van der Waals surface area (Å²) in [6, 6.07) is 17.8. The number of Topliss-reactive ketones (excluding diaryl/α,β-unsaturated/α-hetero) is 1.